The van der Waals surface area contributed by atoms with Gasteiger partial charge in [0.25, 0.3) is 5.91 Å². The van der Waals surface area contributed by atoms with Gasteiger partial charge in [0.15, 0.2) is 0 Å². The molecular weight excluding hydrogens is 527 g/mol. The monoisotopic (exact) mass is 562 g/mol. The minimum Gasteiger partial charge on any atom is -1.00 e. The first-order chi connectivity index (χ1) is 19.5. The van der Waals surface area contributed by atoms with E-state index in [0.29, 0.717) is 30.8 Å². The summed E-state index contributed by atoms with van der Waals surface area (Å²) >= 11 is 1.55. The molecule has 208 valence electrons. The third-order valence-electron chi connectivity index (χ3n) is 6.63. The third-order valence-corrected chi connectivity index (χ3v) is 7.27. The Balaban J connectivity index is 0.00000308. The maximum atomic E-state index is 13.3. The molecule has 3 aromatic carbocycles. The second-order valence-corrected chi connectivity index (χ2v) is 10.5. The van der Waals surface area contributed by atoms with Crippen molar-refractivity contribution in [1.82, 2.24) is 10.6 Å². The quantitative estimate of drug-likeness (QED) is 0.216. The molecule has 0 spiro atoms. The summed E-state index contributed by atoms with van der Waals surface area (Å²) in [6, 6.07) is 26.6. The number of carboxylic acids is 1. The number of amides is 1. The SMILES string of the molecule is CSCCC(NC(=O)c1ccc(CNCC(=Cc2ccco2)c2ccccc2)cc1-c1ccccc1C)C(=O)O.[H-].[Li+]. The Morgan fingerprint density at radius 3 is 2.44 bits per heavy atom. The summed E-state index contributed by atoms with van der Waals surface area (Å²) in [5, 5.41) is 15.9. The largest absolute Gasteiger partial charge is 1.00 e. The molecule has 0 saturated carbocycles. The van der Waals surface area contributed by atoms with Gasteiger partial charge >= 0.3 is 24.8 Å². The molecule has 1 amide bonds. The first-order valence-electron chi connectivity index (χ1n) is 13.2. The van der Waals surface area contributed by atoms with Crippen LogP contribution < -0.4 is 29.5 Å². The summed E-state index contributed by atoms with van der Waals surface area (Å²) in [5.41, 5.74) is 6.41. The molecule has 4 rings (SSSR count). The van der Waals surface area contributed by atoms with Crippen molar-refractivity contribution < 1.29 is 39.4 Å². The second kappa shape index (κ2) is 16.1. The van der Waals surface area contributed by atoms with Gasteiger partial charge in [0.1, 0.15) is 11.8 Å². The Morgan fingerprint density at radius 2 is 1.76 bits per heavy atom. The van der Waals surface area contributed by atoms with Crippen LogP contribution in [0.25, 0.3) is 22.8 Å². The number of hydrogen-bond acceptors (Lipinski definition) is 5. The van der Waals surface area contributed by atoms with E-state index >= 15 is 0 Å². The Morgan fingerprint density at radius 1 is 1.00 bits per heavy atom. The minimum atomic E-state index is -1.03. The number of aliphatic carboxylic acids is 1. The van der Waals surface area contributed by atoms with E-state index in [2.05, 4.69) is 22.8 Å². The molecule has 0 aliphatic carbocycles. The smallest absolute Gasteiger partial charge is 1.00 e. The van der Waals surface area contributed by atoms with E-state index in [0.717, 1.165) is 39.2 Å². The molecule has 1 aromatic heterocycles. The molecule has 0 aliphatic rings. The van der Waals surface area contributed by atoms with Gasteiger partial charge in [-0.15, -0.1) is 0 Å². The summed E-state index contributed by atoms with van der Waals surface area (Å²) in [4.78, 5) is 25.1. The number of nitrogens with one attached hydrogen (secondary N) is 2. The summed E-state index contributed by atoms with van der Waals surface area (Å²) in [5.74, 6) is 0.0119. The number of carboxylic acid groups (broad SMARTS) is 1. The van der Waals surface area contributed by atoms with Crippen LogP contribution in [0.5, 0.6) is 0 Å². The summed E-state index contributed by atoms with van der Waals surface area (Å²) in [6.45, 7) is 3.20. The zero-order valence-corrected chi connectivity index (χ0v) is 24.5. The standard InChI is InChI=1S/C33H34N2O4S.Li.H/c1-23-9-6-7-13-28(23)30-19-24(14-15-29(30)32(36)35-31(33(37)38)16-18-40-2)21-34-22-26(20-27-12-8-17-39-27)25-10-4-3-5-11-25;;/h3-15,17,19-20,31,34H,16,18,21-22H2,1-2H3,(H,35,36)(H,37,38);;/q;+1;-1. The van der Waals surface area contributed by atoms with Crippen LogP contribution >= 0.6 is 11.8 Å². The van der Waals surface area contributed by atoms with Crippen LogP contribution in [0, 0.1) is 6.92 Å². The number of benzene rings is 3. The van der Waals surface area contributed by atoms with Crippen molar-refractivity contribution >= 4 is 35.3 Å². The van der Waals surface area contributed by atoms with Crippen LogP contribution in [0.2, 0.25) is 0 Å². The van der Waals surface area contributed by atoms with Crippen molar-refractivity contribution in [2.45, 2.75) is 25.9 Å². The van der Waals surface area contributed by atoms with Crippen LogP contribution in [0.15, 0.2) is 95.6 Å². The van der Waals surface area contributed by atoms with Gasteiger partial charge in [-0.1, -0.05) is 60.7 Å². The molecule has 6 nitrogen and oxygen atoms in total. The van der Waals surface area contributed by atoms with Crippen molar-refractivity contribution in [3.8, 4) is 11.1 Å². The zero-order chi connectivity index (χ0) is 28.3. The first kappa shape index (κ1) is 32.0. The van der Waals surface area contributed by atoms with Gasteiger partial charge in [-0.05, 0) is 89.1 Å². The molecule has 4 aromatic rings. The Kier molecular flexibility index (Phi) is 12.6. The van der Waals surface area contributed by atoms with Crippen molar-refractivity contribution in [1.29, 1.82) is 0 Å². The Hall–Kier alpha value is -3.47. The molecule has 0 radical (unpaired) electrons. The van der Waals surface area contributed by atoms with Crippen LogP contribution in [0.1, 0.15) is 40.7 Å². The number of furan rings is 1. The molecule has 8 heteroatoms. The fourth-order valence-corrected chi connectivity index (χ4v) is 4.97. The van der Waals surface area contributed by atoms with Gasteiger partial charge in [-0.3, -0.25) is 4.79 Å². The zero-order valence-electron chi connectivity index (χ0n) is 24.7. The summed E-state index contributed by atoms with van der Waals surface area (Å²) in [6.07, 6.45) is 5.97. The van der Waals surface area contributed by atoms with Gasteiger partial charge in [0, 0.05) is 18.7 Å². The van der Waals surface area contributed by atoms with E-state index in [9.17, 15) is 14.7 Å². The maximum absolute atomic E-state index is 13.3. The van der Waals surface area contributed by atoms with E-state index in [1.165, 1.54) is 0 Å². The molecule has 1 heterocycles. The van der Waals surface area contributed by atoms with Crippen LogP contribution in [0.4, 0.5) is 0 Å². The van der Waals surface area contributed by atoms with E-state index in [1.807, 2.05) is 86.0 Å². The number of hydrogen-bond donors (Lipinski definition) is 3. The molecule has 41 heavy (non-hydrogen) atoms. The fraction of sp³-hybridized carbons (Fsp3) is 0.212. The van der Waals surface area contributed by atoms with E-state index < -0.39 is 12.0 Å². The number of aryl methyl sites for hydroxylation is 1. The molecule has 0 bridgehead atoms. The Labute approximate surface area is 259 Å². The van der Waals surface area contributed by atoms with Crippen molar-refractivity contribution in [2.24, 2.45) is 0 Å². The van der Waals surface area contributed by atoms with Gasteiger partial charge in [-0.2, -0.15) is 11.8 Å². The van der Waals surface area contributed by atoms with Crippen LogP contribution in [-0.2, 0) is 11.3 Å². The summed E-state index contributed by atoms with van der Waals surface area (Å²) < 4.78 is 5.55. The number of rotatable bonds is 13. The average Bonchev–Trinajstić information content (AvgIpc) is 3.48. The molecule has 0 saturated heterocycles. The van der Waals surface area contributed by atoms with Crippen molar-refractivity contribution in [2.75, 3.05) is 18.6 Å². The summed E-state index contributed by atoms with van der Waals surface area (Å²) in [7, 11) is 0. The predicted molar refractivity (Wildman–Crippen MR) is 164 cm³/mol. The molecule has 3 N–H and O–H groups in total. The molecule has 0 fully saturated rings. The van der Waals surface area contributed by atoms with Crippen molar-refractivity contribution in [3.63, 3.8) is 0 Å². The normalized spacial score (nSPS) is 11.9. The maximum Gasteiger partial charge on any atom is 1.00 e. The fourth-order valence-electron chi connectivity index (χ4n) is 4.50. The van der Waals surface area contributed by atoms with Crippen LogP contribution in [0.3, 0.4) is 0 Å². The molecule has 0 aliphatic heterocycles. The van der Waals surface area contributed by atoms with E-state index in [1.54, 1.807) is 24.1 Å². The van der Waals surface area contributed by atoms with Crippen LogP contribution in [-0.4, -0.2) is 41.6 Å². The molecule has 1 atom stereocenters. The van der Waals surface area contributed by atoms with Gasteiger partial charge in [0.05, 0.1) is 6.26 Å². The van der Waals surface area contributed by atoms with Crippen molar-refractivity contribution in [3.05, 3.63) is 119 Å². The minimum absolute atomic E-state index is 0. The van der Waals surface area contributed by atoms with E-state index in [-0.39, 0.29) is 26.2 Å². The van der Waals surface area contributed by atoms with Gasteiger partial charge < -0.3 is 21.6 Å². The number of carbonyl (C=O) groups is 2. The molecular formula is C33H35LiN2O4S. The number of thioether (sulfide) groups is 1. The topological polar surface area (TPSA) is 91.6 Å². The third kappa shape index (κ3) is 9.01. The molecule has 1 unspecified atom stereocenters. The average molecular weight is 563 g/mol. The predicted octanol–water partition coefficient (Wildman–Crippen LogP) is 3.64. The number of carbonyl (C=O) groups excluding carboxylic acids is 1. The van der Waals surface area contributed by atoms with E-state index in [4.69, 9.17) is 4.42 Å². The first-order valence-corrected chi connectivity index (χ1v) is 14.6. The van der Waals surface area contributed by atoms with Gasteiger partial charge in [-0.25, -0.2) is 4.79 Å². The van der Waals surface area contributed by atoms with Gasteiger partial charge in [0.2, 0.25) is 0 Å². The second-order valence-electron chi connectivity index (χ2n) is 9.50. The Bertz CT molecular complexity index is 1460.